The van der Waals surface area contributed by atoms with E-state index in [1.54, 1.807) is 7.11 Å². The van der Waals surface area contributed by atoms with Gasteiger partial charge in [0.25, 0.3) is 0 Å². The van der Waals surface area contributed by atoms with E-state index in [2.05, 4.69) is 10.1 Å². The van der Waals surface area contributed by atoms with Crippen molar-refractivity contribution in [1.82, 2.24) is 10.1 Å². The number of ether oxygens (including phenoxy) is 1. The Labute approximate surface area is 89.4 Å². The Morgan fingerprint density at radius 3 is 2.80 bits per heavy atom. The monoisotopic (exact) mass is 214 g/mol. The van der Waals surface area contributed by atoms with Gasteiger partial charge in [-0.05, 0) is 5.92 Å². The van der Waals surface area contributed by atoms with Crippen LogP contribution < -0.4 is 0 Å². The average Bonchev–Trinajstić information content (AvgIpc) is 2.62. The molecule has 1 rings (SSSR count). The van der Waals surface area contributed by atoms with Crippen LogP contribution >= 0.6 is 0 Å². The molecule has 86 valence electrons. The molecule has 0 radical (unpaired) electrons. The zero-order valence-corrected chi connectivity index (χ0v) is 9.43. The maximum Gasteiger partial charge on any atom is 0.229 e. The molecule has 0 saturated heterocycles. The second kappa shape index (κ2) is 5.82. The van der Waals surface area contributed by atoms with Gasteiger partial charge in [-0.15, -0.1) is 0 Å². The summed E-state index contributed by atoms with van der Waals surface area (Å²) >= 11 is 0. The molecule has 1 aromatic heterocycles. The van der Waals surface area contributed by atoms with E-state index >= 15 is 0 Å². The maximum absolute atomic E-state index is 9.61. The number of nitrogens with zero attached hydrogens (tertiary/aromatic N) is 2. The maximum atomic E-state index is 9.61. The molecule has 0 bridgehead atoms. The molecule has 0 aromatic carbocycles. The molecule has 0 aliphatic rings. The molecule has 1 heterocycles. The summed E-state index contributed by atoms with van der Waals surface area (Å²) in [4.78, 5) is 4.15. The number of hydrogen-bond donors (Lipinski definition) is 1. The van der Waals surface area contributed by atoms with Crippen LogP contribution in [0.25, 0.3) is 0 Å². The van der Waals surface area contributed by atoms with E-state index in [9.17, 15) is 5.11 Å². The first-order chi connectivity index (χ1) is 7.13. The third kappa shape index (κ3) is 3.97. The highest BCUT2D eigenvalue weighted by molar-refractivity contribution is 4.88. The van der Waals surface area contributed by atoms with Gasteiger partial charge >= 0.3 is 0 Å². The zero-order chi connectivity index (χ0) is 11.3. The van der Waals surface area contributed by atoms with E-state index in [-0.39, 0.29) is 5.92 Å². The minimum atomic E-state index is -0.430. The molecule has 5 heteroatoms. The number of aliphatic hydroxyl groups excluding tert-OH is 1. The molecule has 1 N–H and O–H groups in total. The third-order valence-electron chi connectivity index (χ3n) is 2.19. The van der Waals surface area contributed by atoms with Crippen molar-refractivity contribution in [3.63, 3.8) is 0 Å². The Morgan fingerprint density at radius 2 is 2.20 bits per heavy atom. The molecule has 0 fully saturated rings. The largest absolute Gasteiger partial charge is 0.392 e. The van der Waals surface area contributed by atoms with Crippen LogP contribution in [0.3, 0.4) is 0 Å². The Balaban J connectivity index is 2.45. The Hall–Kier alpha value is -0.940. The molecule has 0 aliphatic heterocycles. The lowest BCUT2D eigenvalue weighted by molar-refractivity contribution is 0.116. The molecule has 0 spiro atoms. The van der Waals surface area contributed by atoms with Crippen LogP contribution in [0.2, 0.25) is 0 Å². The summed E-state index contributed by atoms with van der Waals surface area (Å²) in [5.41, 5.74) is 0. The molecule has 0 amide bonds. The van der Waals surface area contributed by atoms with Gasteiger partial charge in [0.1, 0.15) is 0 Å². The lowest BCUT2D eigenvalue weighted by Gasteiger charge is -2.10. The van der Waals surface area contributed by atoms with Gasteiger partial charge in [0.05, 0.1) is 19.1 Å². The molecule has 1 aromatic rings. The van der Waals surface area contributed by atoms with Crippen LogP contribution in [-0.2, 0) is 17.6 Å². The van der Waals surface area contributed by atoms with E-state index in [0.717, 1.165) is 0 Å². The summed E-state index contributed by atoms with van der Waals surface area (Å²) in [6.45, 7) is 4.48. The second-order valence-electron chi connectivity index (χ2n) is 3.86. The number of rotatable bonds is 6. The number of aliphatic hydroxyl groups is 1. The van der Waals surface area contributed by atoms with Crippen molar-refractivity contribution in [2.24, 2.45) is 5.92 Å². The summed E-state index contributed by atoms with van der Waals surface area (Å²) in [5.74, 6) is 1.31. The number of methoxy groups -OCH3 is 1. The highest BCUT2D eigenvalue weighted by Gasteiger charge is 2.14. The van der Waals surface area contributed by atoms with Crippen molar-refractivity contribution in [1.29, 1.82) is 0 Å². The van der Waals surface area contributed by atoms with Crippen LogP contribution in [0.5, 0.6) is 0 Å². The summed E-state index contributed by atoms with van der Waals surface area (Å²) in [6, 6.07) is 0. The molecule has 1 unspecified atom stereocenters. The smallest absolute Gasteiger partial charge is 0.229 e. The summed E-state index contributed by atoms with van der Waals surface area (Å²) < 4.78 is 9.91. The topological polar surface area (TPSA) is 68.4 Å². The summed E-state index contributed by atoms with van der Waals surface area (Å²) in [5, 5.41) is 13.4. The number of aromatic nitrogens is 2. The van der Waals surface area contributed by atoms with Crippen LogP contribution in [-0.4, -0.2) is 35.1 Å². The van der Waals surface area contributed by atoms with Gasteiger partial charge in [0.15, 0.2) is 5.82 Å². The van der Waals surface area contributed by atoms with Crippen LogP contribution in [0, 0.1) is 5.92 Å². The van der Waals surface area contributed by atoms with Crippen molar-refractivity contribution in [2.75, 3.05) is 13.7 Å². The fourth-order valence-corrected chi connectivity index (χ4v) is 1.08. The second-order valence-corrected chi connectivity index (χ2v) is 3.86. The SMILES string of the molecule is COCCc1noc(CC(O)C(C)C)n1. The van der Waals surface area contributed by atoms with Crippen molar-refractivity contribution < 1.29 is 14.4 Å². The van der Waals surface area contributed by atoms with Crippen LogP contribution in [0.15, 0.2) is 4.52 Å². The molecule has 0 saturated carbocycles. The Kier molecular flexibility index (Phi) is 4.71. The van der Waals surface area contributed by atoms with E-state index in [4.69, 9.17) is 9.26 Å². The van der Waals surface area contributed by atoms with Gasteiger partial charge in [-0.25, -0.2) is 0 Å². The van der Waals surface area contributed by atoms with Gasteiger partial charge in [0.2, 0.25) is 5.89 Å². The molecular weight excluding hydrogens is 196 g/mol. The van der Waals surface area contributed by atoms with E-state index in [0.29, 0.717) is 31.2 Å². The van der Waals surface area contributed by atoms with E-state index in [1.807, 2.05) is 13.8 Å². The standard InChI is InChI=1S/C10H18N2O3/c1-7(2)8(13)6-10-11-9(12-15-10)4-5-14-3/h7-8,13H,4-6H2,1-3H3. The highest BCUT2D eigenvalue weighted by atomic mass is 16.5. The minimum Gasteiger partial charge on any atom is -0.392 e. The quantitative estimate of drug-likeness (QED) is 0.759. The average molecular weight is 214 g/mol. The Morgan fingerprint density at radius 1 is 1.47 bits per heavy atom. The fraction of sp³-hybridized carbons (Fsp3) is 0.800. The lowest BCUT2D eigenvalue weighted by atomic mass is 10.0. The highest BCUT2D eigenvalue weighted by Crippen LogP contribution is 2.08. The van der Waals surface area contributed by atoms with Crippen molar-refractivity contribution in [3.8, 4) is 0 Å². The first-order valence-corrected chi connectivity index (χ1v) is 5.12. The van der Waals surface area contributed by atoms with Crippen LogP contribution in [0.1, 0.15) is 25.6 Å². The first-order valence-electron chi connectivity index (χ1n) is 5.12. The summed E-state index contributed by atoms with van der Waals surface area (Å²) in [6.07, 6.45) is 0.621. The molecule has 0 aliphatic carbocycles. The predicted molar refractivity (Wildman–Crippen MR) is 54.4 cm³/mol. The minimum absolute atomic E-state index is 0.194. The van der Waals surface area contributed by atoms with E-state index in [1.165, 1.54) is 0 Å². The van der Waals surface area contributed by atoms with Gasteiger partial charge in [-0.1, -0.05) is 19.0 Å². The zero-order valence-electron chi connectivity index (χ0n) is 9.43. The van der Waals surface area contributed by atoms with Gasteiger partial charge in [-0.2, -0.15) is 4.98 Å². The van der Waals surface area contributed by atoms with Gasteiger partial charge in [-0.3, -0.25) is 0 Å². The fourth-order valence-electron chi connectivity index (χ4n) is 1.08. The third-order valence-corrected chi connectivity index (χ3v) is 2.19. The first kappa shape index (κ1) is 12.1. The van der Waals surface area contributed by atoms with E-state index < -0.39 is 6.10 Å². The van der Waals surface area contributed by atoms with Crippen LogP contribution in [0.4, 0.5) is 0 Å². The van der Waals surface area contributed by atoms with Crippen molar-refractivity contribution in [3.05, 3.63) is 11.7 Å². The normalized spacial score (nSPS) is 13.4. The predicted octanol–water partition coefficient (Wildman–Crippen LogP) is 0.818. The number of hydrogen-bond acceptors (Lipinski definition) is 5. The molecule has 1 atom stereocenters. The summed E-state index contributed by atoms with van der Waals surface area (Å²) in [7, 11) is 1.63. The molecule has 15 heavy (non-hydrogen) atoms. The molecule has 5 nitrogen and oxygen atoms in total. The van der Waals surface area contributed by atoms with Gasteiger partial charge in [0, 0.05) is 13.5 Å². The van der Waals surface area contributed by atoms with Crippen molar-refractivity contribution in [2.45, 2.75) is 32.8 Å². The molecular formula is C10H18N2O3. The Bertz CT molecular complexity index is 286. The lowest BCUT2D eigenvalue weighted by Crippen LogP contribution is -2.17. The van der Waals surface area contributed by atoms with Gasteiger partial charge < -0.3 is 14.4 Å². The van der Waals surface area contributed by atoms with Crippen molar-refractivity contribution >= 4 is 0 Å².